The van der Waals surface area contributed by atoms with Crippen molar-refractivity contribution in [2.45, 2.75) is 0 Å². The molecule has 7 heteroatoms. The maximum Gasteiger partial charge on any atom is 0.272 e. The van der Waals surface area contributed by atoms with E-state index in [0.29, 0.717) is 26.2 Å². The van der Waals surface area contributed by atoms with Gasteiger partial charge in [-0.05, 0) is 35.9 Å². The van der Waals surface area contributed by atoms with Gasteiger partial charge in [-0.25, -0.2) is 9.37 Å². The lowest BCUT2D eigenvalue weighted by atomic mass is 10.1. The Morgan fingerprint density at radius 1 is 1.11 bits per heavy atom. The van der Waals surface area contributed by atoms with Crippen molar-refractivity contribution in [3.8, 4) is 0 Å². The zero-order valence-electron chi connectivity index (χ0n) is 14.7. The number of carbonyl (C=O) groups is 2. The van der Waals surface area contributed by atoms with Gasteiger partial charge >= 0.3 is 0 Å². The Morgan fingerprint density at radius 3 is 2.52 bits per heavy atom. The van der Waals surface area contributed by atoms with Crippen LogP contribution in [-0.4, -0.2) is 59.5 Å². The first kappa shape index (κ1) is 18.7. The van der Waals surface area contributed by atoms with E-state index in [0.717, 1.165) is 17.4 Å². The van der Waals surface area contributed by atoms with Gasteiger partial charge in [0.05, 0.1) is 6.20 Å². The topological polar surface area (TPSA) is 73.7 Å². The van der Waals surface area contributed by atoms with Crippen LogP contribution in [0.3, 0.4) is 0 Å². The highest BCUT2D eigenvalue weighted by Gasteiger charge is 2.23. The minimum atomic E-state index is -0.517. The van der Waals surface area contributed by atoms with Crippen molar-refractivity contribution >= 4 is 23.5 Å². The van der Waals surface area contributed by atoms with E-state index in [1.807, 2.05) is 24.3 Å². The average Bonchev–Trinajstić information content (AvgIpc) is 2.72. The van der Waals surface area contributed by atoms with Gasteiger partial charge in [-0.2, -0.15) is 0 Å². The predicted molar refractivity (Wildman–Crippen MR) is 99.9 cm³/mol. The molecule has 1 aliphatic heterocycles. The van der Waals surface area contributed by atoms with Crippen molar-refractivity contribution in [1.82, 2.24) is 9.88 Å². The summed E-state index contributed by atoms with van der Waals surface area (Å²) in [6, 6.07) is 10.3. The van der Waals surface area contributed by atoms with Gasteiger partial charge in [-0.3, -0.25) is 9.59 Å². The molecule has 0 radical (unpaired) electrons. The third-order valence-electron chi connectivity index (χ3n) is 4.40. The van der Waals surface area contributed by atoms with Gasteiger partial charge in [0.1, 0.15) is 18.1 Å². The molecule has 1 saturated heterocycles. The number of para-hydroxylation sites is 1. The fourth-order valence-corrected chi connectivity index (χ4v) is 2.97. The van der Waals surface area contributed by atoms with E-state index < -0.39 is 12.4 Å². The Balaban J connectivity index is 1.67. The first-order valence-electron chi connectivity index (χ1n) is 8.65. The standard InChI is InChI=1S/C20H20FN3O3/c21-16-6-8-18(22-13-16)20(27)24-11-9-23(10-12-24)19-4-2-1-3-15(19)5-7-17(26)14-25/h1-8,13,25H,9-12,14H2/b7-5+. The second kappa shape index (κ2) is 8.55. The molecule has 0 unspecified atom stereocenters. The highest BCUT2D eigenvalue weighted by Crippen LogP contribution is 2.23. The lowest BCUT2D eigenvalue weighted by Crippen LogP contribution is -2.49. The Bertz CT molecular complexity index is 844. The van der Waals surface area contributed by atoms with Crippen molar-refractivity contribution in [1.29, 1.82) is 0 Å². The lowest BCUT2D eigenvalue weighted by Gasteiger charge is -2.36. The second-order valence-corrected chi connectivity index (χ2v) is 6.16. The third kappa shape index (κ3) is 4.57. The van der Waals surface area contributed by atoms with Crippen LogP contribution < -0.4 is 4.90 Å². The largest absolute Gasteiger partial charge is 0.388 e. The third-order valence-corrected chi connectivity index (χ3v) is 4.40. The fraction of sp³-hybridized carbons (Fsp3) is 0.250. The summed E-state index contributed by atoms with van der Waals surface area (Å²) in [6.45, 7) is 1.78. The molecule has 1 fully saturated rings. The molecule has 0 saturated carbocycles. The van der Waals surface area contributed by atoms with E-state index in [9.17, 15) is 14.0 Å². The normalized spacial score (nSPS) is 14.6. The summed E-state index contributed by atoms with van der Waals surface area (Å²) in [7, 11) is 0. The molecular formula is C20H20FN3O3. The van der Waals surface area contributed by atoms with Gasteiger partial charge < -0.3 is 14.9 Å². The van der Waals surface area contributed by atoms with Gasteiger partial charge in [0.15, 0.2) is 5.78 Å². The fourth-order valence-electron chi connectivity index (χ4n) is 2.97. The molecule has 0 atom stereocenters. The van der Waals surface area contributed by atoms with Crippen LogP contribution in [-0.2, 0) is 4.79 Å². The van der Waals surface area contributed by atoms with Gasteiger partial charge in [0, 0.05) is 31.9 Å². The molecular weight excluding hydrogens is 349 g/mol. The number of aliphatic hydroxyl groups excluding tert-OH is 1. The number of piperazine rings is 1. The molecule has 1 amide bonds. The van der Waals surface area contributed by atoms with Crippen molar-refractivity contribution in [3.05, 3.63) is 65.7 Å². The summed E-state index contributed by atoms with van der Waals surface area (Å²) in [6.07, 6.45) is 4.09. The number of hydrogen-bond donors (Lipinski definition) is 1. The van der Waals surface area contributed by atoms with Crippen LogP contribution >= 0.6 is 0 Å². The number of anilines is 1. The predicted octanol–water partition coefficient (Wildman–Crippen LogP) is 1.76. The summed E-state index contributed by atoms with van der Waals surface area (Å²) in [5, 5.41) is 8.85. The number of benzene rings is 1. The molecule has 140 valence electrons. The number of rotatable bonds is 5. The average molecular weight is 369 g/mol. The molecule has 1 aromatic heterocycles. The van der Waals surface area contributed by atoms with E-state index in [1.54, 1.807) is 11.0 Å². The van der Waals surface area contributed by atoms with Gasteiger partial charge in [-0.15, -0.1) is 0 Å². The van der Waals surface area contributed by atoms with Gasteiger partial charge in [0.2, 0.25) is 0 Å². The second-order valence-electron chi connectivity index (χ2n) is 6.16. The number of aliphatic hydroxyl groups is 1. The molecule has 0 bridgehead atoms. The number of carbonyl (C=O) groups excluding carboxylic acids is 2. The number of nitrogens with zero attached hydrogens (tertiary/aromatic N) is 3. The summed E-state index contributed by atoms with van der Waals surface area (Å²) in [4.78, 5) is 31.5. The lowest BCUT2D eigenvalue weighted by molar-refractivity contribution is -0.117. The first-order chi connectivity index (χ1) is 13.1. The Morgan fingerprint density at radius 2 is 1.85 bits per heavy atom. The smallest absolute Gasteiger partial charge is 0.272 e. The van der Waals surface area contributed by atoms with E-state index in [4.69, 9.17) is 5.11 Å². The van der Waals surface area contributed by atoms with Crippen molar-refractivity contribution in [3.63, 3.8) is 0 Å². The minimum absolute atomic E-state index is 0.212. The molecule has 1 aromatic carbocycles. The summed E-state index contributed by atoms with van der Waals surface area (Å²) >= 11 is 0. The molecule has 1 N–H and O–H groups in total. The Kier molecular flexibility index (Phi) is 5.93. The molecule has 3 rings (SSSR count). The number of pyridine rings is 1. The summed E-state index contributed by atoms with van der Waals surface area (Å²) < 4.78 is 13.0. The number of aromatic nitrogens is 1. The van der Waals surface area contributed by atoms with Crippen LogP contribution in [0.25, 0.3) is 6.08 Å². The van der Waals surface area contributed by atoms with E-state index in [-0.39, 0.29) is 17.4 Å². The molecule has 0 aliphatic carbocycles. The van der Waals surface area contributed by atoms with Crippen LogP contribution in [0.15, 0.2) is 48.7 Å². The zero-order chi connectivity index (χ0) is 19.2. The highest BCUT2D eigenvalue weighted by atomic mass is 19.1. The van der Waals surface area contributed by atoms with Crippen molar-refractivity contribution < 1.29 is 19.1 Å². The first-order valence-corrected chi connectivity index (χ1v) is 8.65. The summed E-state index contributed by atoms with van der Waals surface area (Å²) in [5.74, 6) is -1.04. The number of hydrogen-bond acceptors (Lipinski definition) is 5. The Labute approximate surface area is 156 Å². The van der Waals surface area contributed by atoms with E-state index >= 15 is 0 Å². The number of amides is 1. The quantitative estimate of drug-likeness (QED) is 0.813. The van der Waals surface area contributed by atoms with Crippen LogP contribution in [0.5, 0.6) is 0 Å². The van der Waals surface area contributed by atoms with Gasteiger partial charge in [-0.1, -0.05) is 18.2 Å². The van der Waals surface area contributed by atoms with Crippen LogP contribution in [0.2, 0.25) is 0 Å². The zero-order valence-corrected chi connectivity index (χ0v) is 14.7. The molecule has 1 aliphatic rings. The SMILES string of the molecule is O=C(/C=C/c1ccccc1N1CCN(C(=O)c2ccc(F)cn2)CC1)CO. The van der Waals surface area contributed by atoms with Crippen LogP contribution in [0, 0.1) is 5.82 Å². The van der Waals surface area contributed by atoms with Crippen molar-refractivity contribution in [2.75, 3.05) is 37.7 Å². The Hall–Kier alpha value is -3.06. The molecule has 27 heavy (non-hydrogen) atoms. The van der Waals surface area contributed by atoms with Crippen molar-refractivity contribution in [2.24, 2.45) is 0 Å². The number of halogens is 1. The molecule has 0 spiro atoms. The maximum absolute atomic E-state index is 13.0. The molecule has 6 nitrogen and oxygen atoms in total. The monoisotopic (exact) mass is 369 g/mol. The minimum Gasteiger partial charge on any atom is -0.388 e. The van der Waals surface area contributed by atoms with E-state index in [1.165, 1.54) is 18.2 Å². The van der Waals surface area contributed by atoms with E-state index in [2.05, 4.69) is 9.88 Å². The highest BCUT2D eigenvalue weighted by molar-refractivity contribution is 5.95. The van der Waals surface area contributed by atoms with Crippen LogP contribution in [0.4, 0.5) is 10.1 Å². The van der Waals surface area contributed by atoms with Gasteiger partial charge in [0.25, 0.3) is 5.91 Å². The van der Waals surface area contributed by atoms with Crippen LogP contribution in [0.1, 0.15) is 16.1 Å². The molecule has 2 heterocycles. The maximum atomic E-state index is 13.0. The summed E-state index contributed by atoms with van der Waals surface area (Å²) in [5.41, 5.74) is 2.07. The molecule has 2 aromatic rings. The number of ketones is 1.